The number of methoxy groups -OCH3 is 1. The first-order valence-corrected chi connectivity index (χ1v) is 7.40. The average Bonchev–Trinajstić information content (AvgIpc) is 2.48. The maximum absolute atomic E-state index is 5.29. The Labute approximate surface area is 115 Å². The van der Waals surface area contributed by atoms with Gasteiger partial charge in [0, 0.05) is 32.8 Å². The summed E-state index contributed by atoms with van der Waals surface area (Å²) in [7, 11) is 1.81. The van der Waals surface area contributed by atoms with Crippen LogP contribution in [0.4, 0.5) is 0 Å². The molecule has 1 aromatic rings. The molecule has 19 heavy (non-hydrogen) atoms. The minimum absolute atomic E-state index is 0.563. The smallest absolute Gasteiger partial charge is 0.0491 e. The second-order valence-electron chi connectivity index (χ2n) is 5.78. The number of rotatable bonds is 3. The molecule has 1 unspecified atom stereocenters. The van der Waals surface area contributed by atoms with Crippen molar-refractivity contribution in [2.45, 2.75) is 25.4 Å². The molecule has 3 rings (SSSR count). The zero-order valence-corrected chi connectivity index (χ0v) is 11.8. The molecule has 0 aliphatic carbocycles. The summed E-state index contributed by atoms with van der Waals surface area (Å²) in [5.41, 5.74) is 3.00. The first-order valence-electron chi connectivity index (χ1n) is 7.40. The van der Waals surface area contributed by atoms with Gasteiger partial charge in [0.05, 0.1) is 0 Å². The third-order valence-corrected chi connectivity index (χ3v) is 4.56. The molecule has 2 aliphatic rings. The number of nitrogens with one attached hydrogen (secondary N) is 1. The highest BCUT2D eigenvalue weighted by molar-refractivity contribution is 5.32. The van der Waals surface area contributed by atoms with Gasteiger partial charge in [0.15, 0.2) is 0 Å². The van der Waals surface area contributed by atoms with Crippen molar-refractivity contribution in [2.75, 3.05) is 33.4 Å². The van der Waals surface area contributed by atoms with E-state index in [0.717, 1.165) is 25.6 Å². The van der Waals surface area contributed by atoms with Crippen LogP contribution >= 0.6 is 0 Å². The van der Waals surface area contributed by atoms with Crippen LogP contribution in [0.5, 0.6) is 0 Å². The lowest BCUT2D eigenvalue weighted by Gasteiger charge is -2.40. The van der Waals surface area contributed by atoms with E-state index >= 15 is 0 Å². The molecule has 1 saturated heterocycles. The Morgan fingerprint density at radius 3 is 2.84 bits per heavy atom. The van der Waals surface area contributed by atoms with Crippen LogP contribution in [0.3, 0.4) is 0 Å². The number of likely N-dealkylation sites (tertiary alicyclic amines) is 1. The van der Waals surface area contributed by atoms with Crippen molar-refractivity contribution in [3.05, 3.63) is 35.4 Å². The molecule has 0 bridgehead atoms. The Bertz CT molecular complexity index is 413. The van der Waals surface area contributed by atoms with E-state index in [9.17, 15) is 0 Å². The molecule has 1 fully saturated rings. The number of nitrogens with zero attached hydrogens (tertiary/aromatic N) is 1. The van der Waals surface area contributed by atoms with Crippen LogP contribution in [0.1, 0.15) is 30.0 Å². The molecule has 0 aromatic heterocycles. The normalized spacial score (nSPS) is 25.2. The minimum atomic E-state index is 0.563. The third kappa shape index (κ3) is 2.83. The monoisotopic (exact) mass is 260 g/mol. The van der Waals surface area contributed by atoms with E-state index in [1.165, 1.54) is 37.1 Å². The first-order chi connectivity index (χ1) is 9.38. The number of hydrogen-bond acceptors (Lipinski definition) is 3. The molecular formula is C16H24N2O. The third-order valence-electron chi connectivity index (χ3n) is 4.56. The summed E-state index contributed by atoms with van der Waals surface area (Å²) in [4.78, 5) is 2.65. The predicted octanol–water partition coefficient (Wildman–Crippen LogP) is 2.19. The van der Waals surface area contributed by atoms with Gasteiger partial charge in [-0.1, -0.05) is 24.3 Å². The van der Waals surface area contributed by atoms with E-state index < -0.39 is 0 Å². The molecule has 2 aliphatic heterocycles. The van der Waals surface area contributed by atoms with Crippen molar-refractivity contribution < 1.29 is 4.74 Å². The molecular weight excluding hydrogens is 236 g/mol. The second kappa shape index (κ2) is 6.04. The van der Waals surface area contributed by atoms with Crippen molar-refractivity contribution in [3.8, 4) is 0 Å². The largest absolute Gasteiger partial charge is 0.384 e. The molecule has 1 atom stereocenters. The summed E-state index contributed by atoms with van der Waals surface area (Å²) in [5, 5.41) is 3.56. The van der Waals surface area contributed by atoms with E-state index in [2.05, 4.69) is 34.5 Å². The van der Waals surface area contributed by atoms with E-state index in [1.54, 1.807) is 0 Å². The van der Waals surface area contributed by atoms with Crippen molar-refractivity contribution in [3.63, 3.8) is 0 Å². The summed E-state index contributed by atoms with van der Waals surface area (Å²) in [6, 6.07) is 9.45. The van der Waals surface area contributed by atoms with E-state index in [1.807, 2.05) is 7.11 Å². The molecule has 0 amide bonds. The fraction of sp³-hybridized carbons (Fsp3) is 0.625. The van der Waals surface area contributed by atoms with Crippen molar-refractivity contribution >= 4 is 0 Å². The Balaban J connectivity index is 1.68. The van der Waals surface area contributed by atoms with Crippen LogP contribution in [0, 0.1) is 5.92 Å². The minimum Gasteiger partial charge on any atom is -0.384 e. The fourth-order valence-electron chi connectivity index (χ4n) is 3.47. The van der Waals surface area contributed by atoms with Gasteiger partial charge in [0.25, 0.3) is 0 Å². The van der Waals surface area contributed by atoms with Gasteiger partial charge >= 0.3 is 0 Å². The molecule has 1 N–H and O–H groups in total. The van der Waals surface area contributed by atoms with Gasteiger partial charge in [-0.2, -0.15) is 0 Å². The quantitative estimate of drug-likeness (QED) is 0.901. The SMILES string of the molecule is COCC1CCN(C2CNCc3ccccc32)CC1. The summed E-state index contributed by atoms with van der Waals surface area (Å²) >= 11 is 0. The standard InChI is InChI=1S/C16H24N2O/c1-19-12-13-6-8-18(9-7-13)16-11-17-10-14-4-2-3-5-15(14)16/h2-5,13,16-17H,6-12H2,1H3. The lowest BCUT2D eigenvalue weighted by atomic mass is 9.91. The van der Waals surface area contributed by atoms with E-state index in [4.69, 9.17) is 4.74 Å². The summed E-state index contributed by atoms with van der Waals surface area (Å²) < 4.78 is 5.29. The maximum atomic E-state index is 5.29. The number of hydrogen-bond donors (Lipinski definition) is 1. The maximum Gasteiger partial charge on any atom is 0.0491 e. The van der Waals surface area contributed by atoms with Crippen LogP contribution in [0.15, 0.2) is 24.3 Å². The van der Waals surface area contributed by atoms with Crippen LogP contribution in [0.25, 0.3) is 0 Å². The van der Waals surface area contributed by atoms with Crippen LogP contribution < -0.4 is 5.32 Å². The van der Waals surface area contributed by atoms with Gasteiger partial charge in [0.2, 0.25) is 0 Å². The Hall–Kier alpha value is -0.900. The lowest BCUT2D eigenvalue weighted by Crippen LogP contribution is -2.44. The summed E-state index contributed by atoms with van der Waals surface area (Å²) in [5.74, 6) is 0.757. The molecule has 1 aromatic carbocycles. The highest BCUT2D eigenvalue weighted by atomic mass is 16.5. The zero-order valence-electron chi connectivity index (χ0n) is 11.8. The molecule has 0 spiro atoms. The van der Waals surface area contributed by atoms with Crippen molar-refractivity contribution in [1.82, 2.24) is 10.2 Å². The molecule has 0 radical (unpaired) electrons. The van der Waals surface area contributed by atoms with Gasteiger partial charge in [-0.15, -0.1) is 0 Å². The number of fused-ring (bicyclic) bond motifs is 1. The lowest BCUT2D eigenvalue weighted by molar-refractivity contribution is 0.0769. The van der Waals surface area contributed by atoms with Gasteiger partial charge in [-0.3, -0.25) is 4.90 Å². The first kappa shape index (κ1) is 13.1. The molecule has 0 saturated carbocycles. The molecule has 3 heteroatoms. The molecule has 104 valence electrons. The Morgan fingerprint density at radius 2 is 2.05 bits per heavy atom. The summed E-state index contributed by atoms with van der Waals surface area (Å²) in [6.45, 7) is 5.44. The van der Waals surface area contributed by atoms with Gasteiger partial charge in [-0.25, -0.2) is 0 Å². The molecule has 2 heterocycles. The van der Waals surface area contributed by atoms with Crippen molar-refractivity contribution in [2.24, 2.45) is 5.92 Å². The van der Waals surface area contributed by atoms with Crippen LogP contribution in [-0.4, -0.2) is 38.3 Å². The van der Waals surface area contributed by atoms with Gasteiger partial charge < -0.3 is 10.1 Å². The van der Waals surface area contributed by atoms with Gasteiger partial charge in [0.1, 0.15) is 0 Å². The van der Waals surface area contributed by atoms with Crippen molar-refractivity contribution in [1.29, 1.82) is 0 Å². The topological polar surface area (TPSA) is 24.5 Å². The van der Waals surface area contributed by atoms with E-state index in [-0.39, 0.29) is 0 Å². The van der Waals surface area contributed by atoms with E-state index in [0.29, 0.717) is 6.04 Å². The second-order valence-corrected chi connectivity index (χ2v) is 5.78. The Kier molecular flexibility index (Phi) is 4.16. The summed E-state index contributed by atoms with van der Waals surface area (Å²) in [6.07, 6.45) is 2.54. The predicted molar refractivity (Wildman–Crippen MR) is 77.1 cm³/mol. The van der Waals surface area contributed by atoms with Gasteiger partial charge in [-0.05, 0) is 43.0 Å². The number of piperidine rings is 1. The Morgan fingerprint density at radius 1 is 1.26 bits per heavy atom. The fourth-order valence-corrected chi connectivity index (χ4v) is 3.47. The van der Waals surface area contributed by atoms with Crippen LogP contribution in [-0.2, 0) is 11.3 Å². The number of ether oxygens (including phenoxy) is 1. The zero-order chi connectivity index (χ0) is 13.1. The highest BCUT2D eigenvalue weighted by Crippen LogP contribution is 2.30. The molecule has 3 nitrogen and oxygen atoms in total. The highest BCUT2D eigenvalue weighted by Gasteiger charge is 2.28. The van der Waals surface area contributed by atoms with Crippen LogP contribution in [0.2, 0.25) is 0 Å². The average molecular weight is 260 g/mol. The number of benzene rings is 1.